The Bertz CT molecular complexity index is 646. The fraction of sp³-hybridized carbons (Fsp3) is 0.133. The molecule has 2 aromatic carbocycles. The van der Waals surface area contributed by atoms with Crippen LogP contribution in [0.3, 0.4) is 0 Å². The molecule has 0 radical (unpaired) electrons. The van der Waals surface area contributed by atoms with Crippen LogP contribution in [0, 0.1) is 5.82 Å². The van der Waals surface area contributed by atoms with Crippen molar-refractivity contribution in [1.82, 2.24) is 0 Å². The molecule has 2 aromatic rings. The molecule has 2 N–H and O–H groups in total. The predicted molar refractivity (Wildman–Crippen MR) is 83.3 cm³/mol. The molecule has 0 aromatic heterocycles. The summed E-state index contributed by atoms with van der Waals surface area (Å²) in [6.07, 6.45) is 0. The van der Waals surface area contributed by atoms with E-state index in [0.29, 0.717) is 11.3 Å². The first-order valence-corrected chi connectivity index (χ1v) is 6.41. The molecule has 0 aliphatic carbocycles. The normalized spacial score (nSPS) is 10.2. The molecule has 0 unspecified atom stereocenters. The van der Waals surface area contributed by atoms with Crippen LogP contribution in [0.15, 0.2) is 42.5 Å². The van der Waals surface area contributed by atoms with Gasteiger partial charge in [0.2, 0.25) is 0 Å². The van der Waals surface area contributed by atoms with E-state index in [1.54, 1.807) is 31.2 Å². The number of halogens is 1. The summed E-state index contributed by atoms with van der Waals surface area (Å²) in [6.45, 7) is 0. The monoisotopic (exact) mass is 290 g/mol. The zero-order valence-electron chi connectivity index (χ0n) is 11.3. The first-order valence-electron chi connectivity index (χ1n) is 6.00. The lowest BCUT2D eigenvalue weighted by atomic mass is 10.1. The van der Waals surface area contributed by atoms with E-state index in [2.05, 4.69) is 0 Å². The lowest BCUT2D eigenvalue weighted by Gasteiger charge is -2.21. The summed E-state index contributed by atoms with van der Waals surface area (Å²) in [4.78, 5) is 1.92. The van der Waals surface area contributed by atoms with Gasteiger partial charge in [0, 0.05) is 24.4 Å². The van der Waals surface area contributed by atoms with Crippen LogP contribution in [0.5, 0.6) is 5.75 Å². The minimum absolute atomic E-state index is 0.180. The van der Waals surface area contributed by atoms with Crippen molar-refractivity contribution in [3.8, 4) is 5.75 Å². The summed E-state index contributed by atoms with van der Waals surface area (Å²) in [7, 11) is 3.38. The molecule has 0 spiro atoms. The average Bonchev–Trinajstić information content (AvgIpc) is 2.46. The molecule has 0 saturated carbocycles. The molecule has 104 valence electrons. The standard InChI is InChI=1S/C15H15FN2OS/c1-18(11-4-3-5-12(9-11)19-2)14-7-6-10(15(17)20)8-13(14)16/h3-9H,1-2H3,(H2,17,20). The van der Waals surface area contributed by atoms with E-state index in [4.69, 9.17) is 22.7 Å². The van der Waals surface area contributed by atoms with Crippen molar-refractivity contribution in [2.24, 2.45) is 5.73 Å². The smallest absolute Gasteiger partial charge is 0.147 e. The molecule has 0 atom stereocenters. The van der Waals surface area contributed by atoms with E-state index in [-0.39, 0.29) is 10.8 Å². The largest absolute Gasteiger partial charge is 0.497 e. The van der Waals surface area contributed by atoms with Gasteiger partial charge in [-0.15, -0.1) is 0 Å². The molecule has 0 aliphatic heterocycles. The average molecular weight is 290 g/mol. The van der Waals surface area contributed by atoms with E-state index in [9.17, 15) is 4.39 Å². The lowest BCUT2D eigenvalue weighted by molar-refractivity contribution is 0.415. The Morgan fingerprint density at radius 2 is 2.00 bits per heavy atom. The molecule has 0 aliphatic rings. The van der Waals surface area contributed by atoms with E-state index in [0.717, 1.165) is 11.4 Å². The lowest BCUT2D eigenvalue weighted by Crippen LogP contribution is -2.14. The Kier molecular flexibility index (Phi) is 4.20. The second kappa shape index (κ2) is 5.88. The number of thiocarbonyl (C=S) groups is 1. The molecule has 20 heavy (non-hydrogen) atoms. The summed E-state index contributed by atoms with van der Waals surface area (Å²) in [5, 5.41) is 0. The summed E-state index contributed by atoms with van der Waals surface area (Å²) >= 11 is 4.84. The third-order valence-corrected chi connectivity index (χ3v) is 3.27. The van der Waals surface area contributed by atoms with Crippen LogP contribution in [0.25, 0.3) is 0 Å². The first kappa shape index (κ1) is 14.3. The van der Waals surface area contributed by atoms with Gasteiger partial charge in [0.15, 0.2) is 0 Å². The number of anilines is 2. The fourth-order valence-corrected chi connectivity index (χ4v) is 2.02. The number of hydrogen-bond acceptors (Lipinski definition) is 3. The van der Waals surface area contributed by atoms with Crippen molar-refractivity contribution in [2.45, 2.75) is 0 Å². The second-order valence-corrected chi connectivity index (χ2v) is 4.73. The van der Waals surface area contributed by atoms with Crippen molar-refractivity contribution < 1.29 is 9.13 Å². The minimum atomic E-state index is -0.374. The van der Waals surface area contributed by atoms with Crippen LogP contribution in [0.4, 0.5) is 15.8 Å². The molecule has 0 saturated heterocycles. The maximum atomic E-state index is 14.1. The first-order chi connectivity index (χ1) is 9.52. The van der Waals surface area contributed by atoms with Crippen molar-refractivity contribution >= 4 is 28.6 Å². The van der Waals surface area contributed by atoms with Gasteiger partial charge < -0.3 is 15.4 Å². The Hall–Kier alpha value is -2.14. The Morgan fingerprint density at radius 3 is 2.60 bits per heavy atom. The summed E-state index contributed by atoms with van der Waals surface area (Å²) < 4.78 is 19.3. The van der Waals surface area contributed by atoms with Crippen LogP contribution in [0.2, 0.25) is 0 Å². The summed E-state index contributed by atoms with van der Waals surface area (Å²) in [5.74, 6) is 0.343. The van der Waals surface area contributed by atoms with Gasteiger partial charge in [0.25, 0.3) is 0 Å². The summed E-state index contributed by atoms with van der Waals surface area (Å²) in [6, 6.07) is 12.1. The number of nitrogens with zero attached hydrogens (tertiary/aromatic N) is 1. The molecule has 0 amide bonds. The van der Waals surface area contributed by atoms with E-state index in [1.807, 2.05) is 24.3 Å². The van der Waals surface area contributed by atoms with Gasteiger partial charge in [-0.2, -0.15) is 0 Å². The number of benzene rings is 2. The van der Waals surface area contributed by atoms with Gasteiger partial charge in [-0.3, -0.25) is 0 Å². The molecule has 0 bridgehead atoms. The molecule has 2 rings (SSSR count). The fourth-order valence-electron chi connectivity index (χ4n) is 1.89. The Labute approximate surface area is 122 Å². The van der Waals surface area contributed by atoms with Gasteiger partial charge in [-0.1, -0.05) is 18.3 Å². The van der Waals surface area contributed by atoms with Crippen LogP contribution >= 0.6 is 12.2 Å². The van der Waals surface area contributed by atoms with Crippen molar-refractivity contribution in [3.63, 3.8) is 0 Å². The zero-order chi connectivity index (χ0) is 14.7. The third-order valence-electron chi connectivity index (χ3n) is 3.03. The highest BCUT2D eigenvalue weighted by atomic mass is 32.1. The third kappa shape index (κ3) is 2.88. The highest BCUT2D eigenvalue weighted by Crippen LogP contribution is 2.29. The van der Waals surface area contributed by atoms with Crippen molar-refractivity contribution in [2.75, 3.05) is 19.1 Å². The number of methoxy groups -OCH3 is 1. The topological polar surface area (TPSA) is 38.5 Å². The molecule has 0 fully saturated rings. The quantitative estimate of drug-likeness (QED) is 0.877. The molecule has 5 heteroatoms. The highest BCUT2D eigenvalue weighted by molar-refractivity contribution is 7.80. The minimum Gasteiger partial charge on any atom is -0.497 e. The molecule has 3 nitrogen and oxygen atoms in total. The van der Waals surface area contributed by atoms with Crippen molar-refractivity contribution in [1.29, 1.82) is 0 Å². The van der Waals surface area contributed by atoms with E-state index in [1.165, 1.54) is 6.07 Å². The van der Waals surface area contributed by atoms with Gasteiger partial charge in [-0.05, 0) is 30.3 Å². The van der Waals surface area contributed by atoms with Crippen LogP contribution in [-0.4, -0.2) is 19.1 Å². The van der Waals surface area contributed by atoms with Crippen LogP contribution in [0.1, 0.15) is 5.56 Å². The maximum Gasteiger partial charge on any atom is 0.147 e. The Morgan fingerprint density at radius 1 is 1.25 bits per heavy atom. The molecule has 0 heterocycles. The van der Waals surface area contributed by atoms with Crippen molar-refractivity contribution in [3.05, 3.63) is 53.8 Å². The van der Waals surface area contributed by atoms with E-state index >= 15 is 0 Å². The van der Waals surface area contributed by atoms with Crippen LogP contribution < -0.4 is 15.4 Å². The highest BCUT2D eigenvalue weighted by Gasteiger charge is 2.11. The molecular formula is C15H15FN2OS. The van der Waals surface area contributed by atoms with E-state index < -0.39 is 0 Å². The van der Waals surface area contributed by atoms with Crippen LogP contribution in [-0.2, 0) is 0 Å². The number of hydrogen-bond donors (Lipinski definition) is 1. The molecular weight excluding hydrogens is 275 g/mol. The number of ether oxygens (including phenoxy) is 1. The maximum absolute atomic E-state index is 14.1. The second-order valence-electron chi connectivity index (χ2n) is 4.29. The predicted octanol–water partition coefficient (Wildman–Crippen LogP) is 3.24. The zero-order valence-corrected chi connectivity index (χ0v) is 12.1. The number of rotatable bonds is 4. The Balaban J connectivity index is 2.37. The van der Waals surface area contributed by atoms with Gasteiger partial charge in [-0.25, -0.2) is 4.39 Å². The van der Waals surface area contributed by atoms with Gasteiger partial charge >= 0.3 is 0 Å². The van der Waals surface area contributed by atoms with Gasteiger partial charge in [0.05, 0.1) is 12.8 Å². The van der Waals surface area contributed by atoms with Gasteiger partial charge in [0.1, 0.15) is 16.6 Å². The summed E-state index contributed by atoms with van der Waals surface area (Å²) in [5.41, 5.74) is 7.27. The SMILES string of the molecule is COc1cccc(N(C)c2ccc(C(N)=S)cc2F)c1. The number of nitrogens with two attached hydrogens (primary N) is 1.